The number of imide groups is 1. The predicted octanol–water partition coefficient (Wildman–Crippen LogP) is 2.08. The fourth-order valence-corrected chi connectivity index (χ4v) is 4.88. The Kier molecular flexibility index (Phi) is 6.79. The minimum atomic E-state index is -0.810. The zero-order valence-corrected chi connectivity index (χ0v) is 18.3. The van der Waals surface area contributed by atoms with Gasteiger partial charge in [-0.15, -0.1) is 0 Å². The van der Waals surface area contributed by atoms with E-state index in [9.17, 15) is 14.4 Å². The van der Waals surface area contributed by atoms with Gasteiger partial charge >= 0.3 is 6.03 Å². The van der Waals surface area contributed by atoms with Crippen LogP contribution in [0.25, 0.3) is 0 Å². The van der Waals surface area contributed by atoms with E-state index in [0.717, 1.165) is 42.8 Å². The van der Waals surface area contributed by atoms with Crippen LogP contribution in [0.3, 0.4) is 0 Å². The highest BCUT2D eigenvalue weighted by molar-refractivity contribution is 6.30. The molecule has 0 aromatic heterocycles. The third kappa shape index (κ3) is 4.86. The number of nitrogens with one attached hydrogen (secondary N) is 2. The maximum Gasteiger partial charge on any atom is 0.325 e. The van der Waals surface area contributed by atoms with Gasteiger partial charge in [-0.25, -0.2) is 4.79 Å². The van der Waals surface area contributed by atoms with Gasteiger partial charge in [-0.2, -0.15) is 0 Å². The molecule has 2 N–H and O–H groups in total. The highest BCUT2D eigenvalue weighted by Crippen LogP contribution is 2.33. The standard InChI is InChI=1S/C22H29ClN4O4/c23-17-6-4-16(5-7-17)18(26-10-12-31-13-11-26)14-24-19(28)15-27-20(29)22(25-21(27)30)8-2-1-3-9-22/h4-7,18H,1-3,8-15H2,(H,24,28)(H,25,30). The van der Waals surface area contributed by atoms with E-state index in [1.165, 1.54) is 0 Å². The lowest BCUT2D eigenvalue weighted by molar-refractivity contribution is -0.135. The van der Waals surface area contributed by atoms with Gasteiger partial charge in [-0.3, -0.25) is 19.4 Å². The van der Waals surface area contributed by atoms with Crippen molar-refractivity contribution >= 4 is 29.4 Å². The molecule has 0 radical (unpaired) electrons. The third-order valence-corrected chi connectivity index (χ3v) is 6.74. The van der Waals surface area contributed by atoms with Gasteiger partial charge in [0.1, 0.15) is 12.1 Å². The van der Waals surface area contributed by atoms with Crippen LogP contribution in [0.2, 0.25) is 5.02 Å². The van der Waals surface area contributed by atoms with E-state index in [1.54, 1.807) is 0 Å². The van der Waals surface area contributed by atoms with Crippen molar-refractivity contribution in [2.24, 2.45) is 0 Å². The summed E-state index contributed by atoms with van der Waals surface area (Å²) in [7, 11) is 0. The summed E-state index contributed by atoms with van der Waals surface area (Å²) >= 11 is 6.04. The molecule has 1 atom stereocenters. The summed E-state index contributed by atoms with van der Waals surface area (Å²) in [5, 5.41) is 6.43. The van der Waals surface area contributed by atoms with E-state index < -0.39 is 11.6 Å². The van der Waals surface area contributed by atoms with Gasteiger partial charge in [0.2, 0.25) is 5.91 Å². The van der Waals surface area contributed by atoms with E-state index in [1.807, 2.05) is 24.3 Å². The summed E-state index contributed by atoms with van der Waals surface area (Å²) in [4.78, 5) is 41.3. The zero-order valence-electron chi connectivity index (χ0n) is 17.6. The predicted molar refractivity (Wildman–Crippen MR) is 116 cm³/mol. The van der Waals surface area contributed by atoms with Crippen LogP contribution in [-0.4, -0.2) is 72.6 Å². The Morgan fingerprint density at radius 2 is 1.81 bits per heavy atom. The van der Waals surface area contributed by atoms with Crippen molar-refractivity contribution in [2.45, 2.75) is 43.7 Å². The molecule has 0 bridgehead atoms. The van der Waals surface area contributed by atoms with E-state index in [4.69, 9.17) is 16.3 Å². The molecule has 1 spiro atoms. The molecular weight excluding hydrogens is 420 g/mol. The maximum absolute atomic E-state index is 12.9. The van der Waals surface area contributed by atoms with E-state index in [0.29, 0.717) is 37.6 Å². The topological polar surface area (TPSA) is 91.0 Å². The highest BCUT2D eigenvalue weighted by Gasteiger charge is 2.51. The van der Waals surface area contributed by atoms with Crippen molar-refractivity contribution in [1.29, 1.82) is 0 Å². The van der Waals surface area contributed by atoms with Crippen LogP contribution in [0.1, 0.15) is 43.7 Å². The van der Waals surface area contributed by atoms with Crippen molar-refractivity contribution < 1.29 is 19.1 Å². The number of rotatable bonds is 6. The van der Waals surface area contributed by atoms with Crippen LogP contribution < -0.4 is 10.6 Å². The number of benzene rings is 1. The minimum Gasteiger partial charge on any atom is -0.379 e. The van der Waals surface area contributed by atoms with Crippen LogP contribution in [0.4, 0.5) is 4.79 Å². The Morgan fingerprint density at radius 1 is 1.13 bits per heavy atom. The average molecular weight is 449 g/mol. The zero-order chi connectivity index (χ0) is 21.8. The molecule has 1 saturated carbocycles. The number of urea groups is 1. The lowest BCUT2D eigenvalue weighted by atomic mass is 9.82. The summed E-state index contributed by atoms with van der Waals surface area (Å²) in [6.45, 7) is 2.92. The Balaban J connectivity index is 1.39. The molecule has 1 unspecified atom stereocenters. The van der Waals surface area contributed by atoms with Gasteiger partial charge in [-0.1, -0.05) is 43.0 Å². The van der Waals surface area contributed by atoms with Crippen LogP contribution in [0.5, 0.6) is 0 Å². The average Bonchev–Trinajstić information content (AvgIpc) is 3.00. The largest absolute Gasteiger partial charge is 0.379 e. The first-order valence-electron chi connectivity index (χ1n) is 11.0. The van der Waals surface area contributed by atoms with E-state index in [2.05, 4.69) is 15.5 Å². The molecule has 4 amide bonds. The molecule has 9 heteroatoms. The van der Waals surface area contributed by atoms with Gasteiger partial charge in [0.05, 0.1) is 19.3 Å². The Labute approximate surface area is 187 Å². The van der Waals surface area contributed by atoms with Gasteiger partial charge in [-0.05, 0) is 30.5 Å². The number of carbonyl (C=O) groups is 3. The van der Waals surface area contributed by atoms with Crippen molar-refractivity contribution in [1.82, 2.24) is 20.4 Å². The molecular formula is C22H29ClN4O4. The SMILES string of the molecule is O=C(CN1C(=O)NC2(CCCCC2)C1=O)NCC(c1ccc(Cl)cc1)N1CCOCC1. The van der Waals surface area contributed by atoms with Crippen molar-refractivity contribution in [3.05, 3.63) is 34.9 Å². The number of hydrogen-bond acceptors (Lipinski definition) is 5. The maximum atomic E-state index is 12.9. The number of halogens is 1. The molecule has 1 aliphatic carbocycles. The second-order valence-electron chi connectivity index (χ2n) is 8.48. The first-order chi connectivity index (χ1) is 15.0. The Hall–Kier alpha value is -2.16. The molecule has 1 aromatic carbocycles. The Morgan fingerprint density at radius 3 is 2.48 bits per heavy atom. The second-order valence-corrected chi connectivity index (χ2v) is 8.92. The molecule has 3 aliphatic rings. The van der Waals surface area contributed by atoms with E-state index >= 15 is 0 Å². The molecule has 168 valence electrons. The van der Waals surface area contributed by atoms with Crippen molar-refractivity contribution in [2.75, 3.05) is 39.4 Å². The monoisotopic (exact) mass is 448 g/mol. The third-order valence-electron chi connectivity index (χ3n) is 6.49. The number of morpholine rings is 1. The number of nitrogens with zero attached hydrogens (tertiary/aromatic N) is 2. The lowest BCUT2D eigenvalue weighted by Gasteiger charge is -2.35. The molecule has 2 heterocycles. The molecule has 1 aromatic rings. The molecule has 3 fully saturated rings. The fourth-order valence-electron chi connectivity index (χ4n) is 4.76. The summed E-state index contributed by atoms with van der Waals surface area (Å²) in [5.41, 5.74) is 0.234. The van der Waals surface area contributed by atoms with Crippen LogP contribution >= 0.6 is 11.6 Å². The number of ether oxygens (including phenoxy) is 1. The number of amides is 4. The summed E-state index contributed by atoms with van der Waals surface area (Å²) in [6.07, 6.45) is 4.18. The van der Waals surface area contributed by atoms with Gasteiger partial charge < -0.3 is 15.4 Å². The number of carbonyl (C=O) groups excluding carboxylic acids is 3. The molecule has 2 saturated heterocycles. The fraction of sp³-hybridized carbons (Fsp3) is 0.591. The van der Waals surface area contributed by atoms with Crippen LogP contribution in [0.15, 0.2) is 24.3 Å². The molecule has 2 aliphatic heterocycles. The summed E-state index contributed by atoms with van der Waals surface area (Å²) in [5.74, 6) is -0.613. The first kappa shape index (κ1) is 22.0. The first-order valence-corrected chi connectivity index (χ1v) is 11.3. The van der Waals surface area contributed by atoms with Crippen molar-refractivity contribution in [3.63, 3.8) is 0 Å². The minimum absolute atomic E-state index is 0.0436. The van der Waals surface area contributed by atoms with Crippen LogP contribution in [-0.2, 0) is 14.3 Å². The van der Waals surface area contributed by atoms with Gasteiger partial charge in [0, 0.05) is 24.7 Å². The van der Waals surface area contributed by atoms with Crippen LogP contribution in [0, 0.1) is 0 Å². The molecule has 8 nitrogen and oxygen atoms in total. The highest BCUT2D eigenvalue weighted by atomic mass is 35.5. The summed E-state index contributed by atoms with van der Waals surface area (Å²) in [6, 6.07) is 7.08. The van der Waals surface area contributed by atoms with Crippen molar-refractivity contribution in [3.8, 4) is 0 Å². The van der Waals surface area contributed by atoms with E-state index in [-0.39, 0.29) is 24.4 Å². The smallest absolute Gasteiger partial charge is 0.325 e. The lowest BCUT2D eigenvalue weighted by Crippen LogP contribution is -2.49. The molecule has 31 heavy (non-hydrogen) atoms. The quantitative estimate of drug-likeness (QED) is 0.650. The normalized spacial score (nSPS) is 22.4. The Bertz CT molecular complexity index is 819. The number of hydrogen-bond donors (Lipinski definition) is 2. The summed E-state index contributed by atoms with van der Waals surface area (Å²) < 4.78 is 5.46. The van der Waals surface area contributed by atoms with Gasteiger partial charge in [0.25, 0.3) is 5.91 Å². The second kappa shape index (κ2) is 9.54. The molecule has 4 rings (SSSR count). The van der Waals surface area contributed by atoms with Gasteiger partial charge in [0.15, 0.2) is 0 Å².